The van der Waals surface area contributed by atoms with Crippen molar-refractivity contribution in [3.63, 3.8) is 0 Å². The maximum Gasteiger partial charge on any atom is 0.280 e. The average molecular weight is 286 g/mol. The summed E-state index contributed by atoms with van der Waals surface area (Å²) in [6, 6.07) is 10.4. The third kappa shape index (κ3) is 2.89. The van der Waals surface area contributed by atoms with Crippen molar-refractivity contribution in [1.82, 2.24) is 0 Å². The second-order valence-electron chi connectivity index (χ2n) is 4.82. The van der Waals surface area contributed by atoms with Crippen molar-refractivity contribution >= 4 is 11.4 Å². The van der Waals surface area contributed by atoms with Gasteiger partial charge in [0.1, 0.15) is 0 Å². The molecule has 0 atom stereocenters. The summed E-state index contributed by atoms with van der Waals surface area (Å²) >= 11 is 0. The molecule has 0 bridgehead atoms. The van der Waals surface area contributed by atoms with Crippen molar-refractivity contribution < 1.29 is 9.85 Å². The molecule has 2 rings (SSSR count). The van der Waals surface area contributed by atoms with Gasteiger partial charge < -0.3 is 0 Å². The lowest BCUT2D eigenvalue weighted by Gasteiger charge is -2.10. The van der Waals surface area contributed by atoms with Gasteiger partial charge in [0, 0.05) is 17.5 Å². The topological polar surface area (TPSA) is 86.3 Å². The highest BCUT2D eigenvalue weighted by molar-refractivity contribution is 5.59. The molecular weight excluding hydrogens is 272 g/mol. The zero-order valence-corrected chi connectivity index (χ0v) is 11.7. The van der Waals surface area contributed by atoms with Crippen LogP contribution in [0.5, 0.6) is 0 Å². The Balaban J connectivity index is 2.61. The second-order valence-corrected chi connectivity index (χ2v) is 4.82. The molecule has 0 aliphatic carbocycles. The molecule has 0 saturated heterocycles. The van der Waals surface area contributed by atoms with E-state index in [0.717, 1.165) is 11.6 Å². The van der Waals surface area contributed by atoms with Gasteiger partial charge in [-0.15, -0.1) is 0 Å². The summed E-state index contributed by atoms with van der Waals surface area (Å²) in [7, 11) is 0. The molecule has 108 valence electrons. The number of hydrogen-bond acceptors (Lipinski definition) is 4. The van der Waals surface area contributed by atoms with Crippen LogP contribution >= 0.6 is 0 Å². The van der Waals surface area contributed by atoms with Gasteiger partial charge in [-0.25, -0.2) is 0 Å². The van der Waals surface area contributed by atoms with Crippen LogP contribution in [0.2, 0.25) is 0 Å². The molecule has 0 radical (unpaired) electrons. The molecule has 6 heteroatoms. The van der Waals surface area contributed by atoms with Gasteiger partial charge in [-0.1, -0.05) is 30.3 Å². The quantitative estimate of drug-likeness (QED) is 0.633. The molecule has 0 aliphatic rings. The largest absolute Gasteiger partial charge is 0.280 e. The summed E-state index contributed by atoms with van der Waals surface area (Å²) < 4.78 is 0. The molecule has 0 fully saturated rings. The second kappa shape index (κ2) is 5.70. The van der Waals surface area contributed by atoms with Crippen LogP contribution in [-0.4, -0.2) is 9.85 Å². The molecule has 6 nitrogen and oxygen atoms in total. The van der Waals surface area contributed by atoms with E-state index in [0.29, 0.717) is 23.1 Å². The Morgan fingerprint density at radius 1 is 0.905 bits per heavy atom. The van der Waals surface area contributed by atoms with E-state index in [1.165, 1.54) is 0 Å². The highest BCUT2D eigenvalue weighted by Gasteiger charge is 2.25. The minimum atomic E-state index is -0.582. The van der Waals surface area contributed by atoms with E-state index in [4.69, 9.17) is 0 Å². The minimum Gasteiger partial charge on any atom is -0.258 e. The maximum absolute atomic E-state index is 11.2. The first-order chi connectivity index (χ1) is 9.91. The molecule has 0 saturated carbocycles. The lowest BCUT2D eigenvalue weighted by atomic mass is 9.94. The van der Waals surface area contributed by atoms with Crippen molar-refractivity contribution in [3.05, 3.63) is 78.9 Å². The third-order valence-electron chi connectivity index (χ3n) is 3.60. The fourth-order valence-corrected chi connectivity index (χ4v) is 2.31. The Hall–Kier alpha value is -2.76. The molecule has 0 heterocycles. The first-order valence-electron chi connectivity index (χ1n) is 6.37. The minimum absolute atomic E-state index is 0.200. The highest BCUT2D eigenvalue weighted by atomic mass is 16.6. The summed E-state index contributed by atoms with van der Waals surface area (Å²) in [4.78, 5) is 21.1. The Morgan fingerprint density at radius 3 is 2.00 bits per heavy atom. The zero-order valence-electron chi connectivity index (χ0n) is 11.7. The molecule has 0 spiro atoms. The van der Waals surface area contributed by atoms with Crippen LogP contribution in [-0.2, 0) is 6.42 Å². The van der Waals surface area contributed by atoms with Crippen LogP contribution in [0.3, 0.4) is 0 Å². The zero-order chi connectivity index (χ0) is 15.6. The summed E-state index contributed by atoms with van der Waals surface area (Å²) in [6.07, 6.45) is 0.377. The summed E-state index contributed by atoms with van der Waals surface area (Å²) in [5.74, 6) is 0. The van der Waals surface area contributed by atoms with Gasteiger partial charge in [-0.05, 0) is 25.0 Å². The number of nitro benzene ring substituents is 2. The van der Waals surface area contributed by atoms with Crippen molar-refractivity contribution in [2.24, 2.45) is 0 Å². The fraction of sp³-hybridized carbons (Fsp3) is 0.200. The lowest BCUT2D eigenvalue weighted by molar-refractivity contribution is -0.395. The van der Waals surface area contributed by atoms with Crippen LogP contribution in [0.15, 0.2) is 36.4 Å². The SMILES string of the molecule is Cc1c([N+](=O)[O-])cc([N+](=O)[O-])c(Cc2ccccc2)c1C. The Kier molecular flexibility index (Phi) is 3.98. The van der Waals surface area contributed by atoms with E-state index in [-0.39, 0.29) is 11.4 Å². The maximum atomic E-state index is 11.2. The van der Waals surface area contributed by atoms with Gasteiger partial charge in [0.2, 0.25) is 0 Å². The Bertz CT molecular complexity index is 711. The molecule has 0 N–H and O–H groups in total. The molecule has 0 amide bonds. The van der Waals surface area contributed by atoms with Crippen molar-refractivity contribution in [2.45, 2.75) is 20.3 Å². The van der Waals surface area contributed by atoms with E-state index >= 15 is 0 Å². The Labute approximate surface area is 121 Å². The van der Waals surface area contributed by atoms with E-state index in [9.17, 15) is 20.2 Å². The normalized spacial score (nSPS) is 10.4. The first kappa shape index (κ1) is 14.6. The van der Waals surface area contributed by atoms with Crippen LogP contribution in [0.25, 0.3) is 0 Å². The Morgan fingerprint density at radius 2 is 1.48 bits per heavy atom. The predicted molar refractivity (Wildman–Crippen MR) is 78.5 cm³/mol. The first-order valence-corrected chi connectivity index (χ1v) is 6.37. The van der Waals surface area contributed by atoms with Crippen molar-refractivity contribution in [2.75, 3.05) is 0 Å². The van der Waals surface area contributed by atoms with Gasteiger partial charge in [0.05, 0.1) is 15.9 Å². The van der Waals surface area contributed by atoms with Crippen LogP contribution in [0.1, 0.15) is 22.3 Å². The number of nitro groups is 2. The predicted octanol–water partition coefficient (Wildman–Crippen LogP) is 3.71. The highest BCUT2D eigenvalue weighted by Crippen LogP contribution is 2.33. The van der Waals surface area contributed by atoms with Crippen LogP contribution in [0, 0.1) is 34.1 Å². The smallest absolute Gasteiger partial charge is 0.258 e. The van der Waals surface area contributed by atoms with Gasteiger partial charge in [0.15, 0.2) is 0 Å². The molecule has 2 aromatic rings. The lowest BCUT2D eigenvalue weighted by Crippen LogP contribution is -2.04. The fourth-order valence-electron chi connectivity index (χ4n) is 2.31. The van der Waals surface area contributed by atoms with Gasteiger partial charge in [-0.3, -0.25) is 20.2 Å². The monoisotopic (exact) mass is 286 g/mol. The molecule has 21 heavy (non-hydrogen) atoms. The molecule has 2 aromatic carbocycles. The number of rotatable bonds is 4. The number of hydrogen-bond donors (Lipinski definition) is 0. The van der Waals surface area contributed by atoms with E-state index in [1.54, 1.807) is 13.8 Å². The number of nitrogens with zero attached hydrogens (tertiary/aromatic N) is 2. The van der Waals surface area contributed by atoms with Crippen LogP contribution in [0.4, 0.5) is 11.4 Å². The van der Waals surface area contributed by atoms with Crippen LogP contribution < -0.4 is 0 Å². The standard InChI is InChI=1S/C15H14N2O4/c1-10-11(2)14(16(18)19)9-15(17(20)21)13(10)8-12-6-4-3-5-7-12/h3-7,9H,8H2,1-2H3. The molecular formula is C15H14N2O4. The van der Waals surface area contributed by atoms with E-state index in [2.05, 4.69) is 0 Å². The van der Waals surface area contributed by atoms with E-state index in [1.807, 2.05) is 30.3 Å². The van der Waals surface area contributed by atoms with Gasteiger partial charge in [0.25, 0.3) is 11.4 Å². The summed E-state index contributed by atoms with van der Waals surface area (Å²) in [6.45, 7) is 3.30. The van der Waals surface area contributed by atoms with E-state index < -0.39 is 9.85 Å². The van der Waals surface area contributed by atoms with Gasteiger partial charge >= 0.3 is 0 Å². The number of benzene rings is 2. The molecule has 0 unspecified atom stereocenters. The third-order valence-corrected chi connectivity index (χ3v) is 3.60. The summed E-state index contributed by atoms with van der Waals surface area (Å²) in [5.41, 5.74) is 2.10. The molecule has 0 aromatic heterocycles. The average Bonchev–Trinajstić information content (AvgIpc) is 2.44. The summed E-state index contributed by atoms with van der Waals surface area (Å²) in [5, 5.41) is 22.2. The molecule has 0 aliphatic heterocycles. The van der Waals surface area contributed by atoms with Crippen molar-refractivity contribution in [1.29, 1.82) is 0 Å². The van der Waals surface area contributed by atoms with Gasteiger partial charge in [-0.2, -0.15) is 0 Å². The van der Waals surface area contributed by atoms with Crippen molar-refractivity contribution in [3.8, 4) is 0 Å².